The summed E-state index contributed by atoms with van der Waals surface area (Å²) >= 11 is 0. The van der Waals surface area contributed by atoms with Crippen molar-refractivity contribution >= 4 is 5.91 Å². The van der Waals surface area contributed by atoms with Gasteiger partial charge >= 0.3 is 0 Å². The maximum atomic E-state index is 11.9. The average Bonchev–Trinajstić information content (AvgIpc) is 2.85. The van der Waals surface area contributed by atoms with Crippen LogP contribution in [0.4, 0.5) is 0 Å². The fraction of sp³-hybridized carbons (Fsp3) is 0.923. The number of nitrogens with one attached hydrogen (secondary N) is 1. The van der Waals surface area contributed by atoms with Crippen LogP contribution in [0, 0.1) is 5.92 Å². The van der Waals surface area contributed by atoms with Crippen molar-refractivity contribution in [2.24, 2.45) is 11.7 Å². The highest BCUT2D eigenvalue weighted by molar-refractivity contribution is 5.81. The fourth-order valence-corrected chi connectivity index (χ4v) is 2.88. The number of amides is 1. The van der Waals surface area contributed by atoms with E-state index >= 15 is 0 Å². The van der Waals surface area contributed by atoms with Gasteiger partial charge in [0.2, 0.25) is 5.91 Å². The lowest BCUT2D eigenvalue weighted by Crippen LogP contribution is -2.39. The molecule has 4 unspecified atom stereocenters. The van der Waals surface area contributed by atoms with Crippen LogP contribution in [0.2, 0.25) is 0 Å². The minimum absolute atomic E-state index is 0.0222. The second kappa shape index (κ2) is 6.50. The molecule has 0 aromatic rings. The molecular weight excluding hydrogens is 232 g/mol. The van der Waals surface area contributed by atoms with Crippen LogP contribution in [0.3, 0.4) is 0 Å². The smallest absolute Gasteiger partial charge is 0.249 e. The van der Waals surface area contributed by atoms with Gasteiger partial charge < -0.3 is 20.9 Å². The third-order valence-corrected chi connectivity index (χ3v) is 3.98. The van der Waals surface area contributed by atoms with E-state index in [2.05, 4.69) is 5.32 Å². The maximum Gasteiger partial charge on any atom is 0.249 e. The summed E-state index contributed by atoms with van der Waals surface area (Å²) in [6.07, 6.45) is 5.00. The maximum absolute atomic E-state index is 11.9. The fourth-order valence-electron chi connectivity index (χ4n) is 2.88. The Hall–Kier alpha value is -0.650. The van der Waals surface area contributed by atoms with Crippen molar-refractivity contribution in [3.63, 3.8) is 0 Å². The van der Waals surface area contributed by atoms with Gasteiger partial charge in [0.05, 0.1) is 12.2 Å². The Morgan fingerprint density at radius 1 is 1.33 bits per heavy atom. The molecule has 0 bridgehead atoms. The molecule has 1 amide bonds. The van der Waals surface area contributed by atoms with E-state index in [1.165, 1.54) is 0 Å². The zero-order chi connectivity index (χ0) is 13.0. The van der Waals surface area contributed by atoms with Gasteiger partial charge in [-0.3, -0.25) is 4.79 Å². The zero-order valence-corrected chi connectivity index (χ0v) is 10.8. The van der Waals surface area contributed by atoms with Gasteiger partial charge in [-0.1, -0.05) is 6.42 Å². The van der Waals surface area contributed by atoms with Gasteiger partial charge in [0.1, 0.15) is 6.10 Å². The van der Waals surface area contributed by atoms with Gasteiger partial charge in [0.15, 0.2) is 0 Å². The van der Waals surface area contributed by atoms with Crippen LogP contribution < -0.4 is 11.1 Å². The van der Waals surface area contributed by atoms with Crippen molar-refractivity contribution in [3.8, 4) is 0 Å². The number of aliphatic hydroxyl groups excluding tert-OH is 1. The van der Waals surface area contributed by atoms with Gasteiger partial charge in [-0.05, 0) is 38.0 Å². The van der Waals surface area contributed by atoms with Crippen molar-refractivity contribution in [3.05, 3.63) is 0 Å². The van der Waals surface area contributed by atoms with Crippen LogP contribution in [-0.4, -0.2) is 42.4 Å². The van der Waals surface area contributed by atoms with E-state index in [1.807, 2.05) is 0 Å². The highest BCUT2D eigenvalue weighted by Crippen LogP contribution is 2.24. The molecule has 5 heteroatoms. The Morgan fingerprint density at radius 3 is 2.83 bits per heavy atom. The standard InChI is InChI=1S/C13H24N2O3/c14-7-11-4-5-12(18-11)13(17)15-8-9-2-1-3-10(16)6-9/h9-12,16H,1-8,14H2,(H,15,17). The second-order valence-electron chi connectivity index (χ2n) is 5.49. The normalized spacial score (nSPS) is 36.6. The molecule has 1 aliphatic heterocycles. The molecule has 4 atom stereocenters. The van der Waals surface area contributed by atoms with E-state index < -0.39 is 0 Å². The predicted molar refractivity (Wildman–Crippen MR) is 67.9 cm³/mol. The van der Waals surface area contributed by atoms with Crippen LogP contribution in [0.5, 0.6) is 0 Å². The van der Waals surface area contributed by atoms with Crippen LogP contribution in [-0.2, 0) is 9.53 Å². The SMILES string of the molecule is NCC1CCC(C(=O)NCC2CCCC(O)C2)O1. The summed E-state index contributed by atoms with van der Waals surface area (Å²) in [5.74, 6) is 0.385. The molecule has 1 aliphatic carbocycles. The summed E-state index contributed by atoms with van der Waals surface area (Å²) in [6.45, 7) is 1.14. The molecule has 2 rings (SSSR count). The van der Waals surface area contributed by atoms with Gasteiger partial charge in [0.25, 0.3) is 0 Å². The van der Waals surface area contributed by atoms with E-state index in [9.17, 15) is 9.90 Å². The number of hydrogen-bond acceptors (Lipinski definition) is 4. The Labute approximate surface area is 108 Å². The Balaban J connectivity index is 1.68. The molecule has 18 heavy (non-hydrogen) atoms. The molecule has 0 aromatic carbocycles. The summed E-state index contributed by atoms with van der Waals surface area (Å²) in [5, 5.41) is 12.5. The molecule has 104 valence electrons. The van der Waals surface area contributed by atoms with Crippen molar-refractivity contribution in [2.45, 2.75) is 56.8 Å². The molecule has 0 radical (unpaired) electrons. The molecule has 2 aliphatic rings. The first-order chi connectivity index (χ1) is 8.69. The number of carbonyl (C=O) groups is 1. The first kappa shape index (κ1) is 13.8. The number of ether oxygens (including phenoxy) is 1. The van der Waals surface area contributed by atoms with E-state index in [0.29, 0.717) is 19.0 Å². The topological polar surface area (TPSA) is 84.6 Å². The molecule has 0 spiro atoms. The van der Waals surface area contributed by atoms with Crippen LogP contribution in [0.1, 0.15) is 38.5 Å². The first-order valence-corrected chi connectivity index (χ1v) is 7.00. The van der Waals surface area contributed by atoms with Crippen molar-refractivity contribution < 1.29 is 14.6 Å². The lowest BCUT2D eigenvalue weighted by molar-refractivity contribution is -0.132. The van der Waals surface area contributed by atoms with E-state index in [1.54, 1.807) is 0 Å². The van der Waals surface area contributed by atoms with Gasteiger partial charge in [-0.2, -0.15) is 0 Å². The number of rotatable bonds is 4. The highest BCUT2D eigenvalue weighted by atomic mass is 16.5. The molecule has 5 nitrogen and oxygen atoms in total. The minimum atomic E-state index is -0.327. The largest absolute Gasteiger partial charge is 0.393 e. The Bertz CT molecular complexity index is 285. The van der Waals surface area contributed by atoms with Crippen LogP contribution in [0.25, 0.3) is 0 Å². The van der Waals surface area contributed by atoms with Crippen LogP contribution in [0.15, 0.2) is 0 Å². The van der Waals surface area contributed by atoms with Gasteiger partial charge in [0, 0.05) is 13.1 Å². The van der Waals surface area contributed by atoms with E-state index in [0.717, 1.165) is 38.5 Å². The number of carbonyl (C=O) groups excluding carboxylic acids is 1. The summed E-state index contributed by atoms with van der Waals surface area (Å²) in [5.41, 5.74) is 5.52. The van der Waals surface area contributed by atoms with E-state index in [-0.39, 0.29) is 24.2 Å². The van der Waals surface area contributed by atoms with E-state index in [4.69, 9.17) is 10.5 Å². The molecule has 2 fully saturated rings. The van der Waals surface area contributed by atoms with Crippen LogP contribution >= 0.6 is 0 Å². The number of aliphatic hydroxyl groups is 1. The number of hydrogen-bond donors (Lipinski definition) is 3. The summed E-state index contributed by atoms with van der Waals surface area (Å²) in [4.78, 5) is 11.9. The summed E-state index contributed by atoms with van der Waals surface area (Å²) in [7, 11) is 0. The first-order valence-electron chi connectivity index (χ1n) is 7.00. The summed E-state index contributed by atoms with van der Waals surface area (Å²) in [6, 6.07) is 0. The molecule has 1 heterocycles. The molecule has 1 saturated heterocycles. The predicted octanol–water partition coefficient (Wildman–Crippen LogP) is 0.160. The van der Waals surface area contributed by atoms with Gasteiger partial charge in [-0.25, -0.2) is 0 Å². The lowest BCUT2D eigenvalue weighted by atomic mass is 9.87. The molecular formula is C13H24N2O3. The third-order valence-electron chi connectivity index (χ3n) is 3.98. The van der Waals surface area contributed by atoms with Gasteiger partial charge in [-0.15, -0.1) is 0 Å². The van der Waals surface area contributed by atoms with Crippen molar-refractivity contribution in [2.75, 3.05) is 13.1 Å². The highest BCUT2D eigenvalue weighted by Gasteiger charge is 2.30. The Morgan fingerprint density at radius 2 is 2.17 bits per heavy atom. The number of nitrogens with two attached hydrogens (primary N) is 1. The zero-order valence-electron chi connectivity index (χ0n) is 10.8. The second-order valence-corrected chi connectivity index (χ2v) is 5.49. The minimum Gasteiger partial charge on any atom is -0.393 e. The molecule has 1 saturated carbocycles. The van der Waals surface area contributed by atoms with Crippen molar-refractivity contribution in [1.82, 2.24) is 5.32 Å². The van der Waals surface area contributed by atoms with Crippen molar-refractivity contribution in [1.29, 1.82) is 0 Å². The molecule has 0 aromatic heterocycles. The molecule has 4 N–H and O–H groups in total. The lowest BCUT2D eigenvalue weighted by Gasteiger charge is -2.26. The third kappa shape index (κ3) is 3.67. The Kier molecular flexibility index (Phi) is 4.97. The average molecular weight is 256 g/mol. The quantitative estimate of drug-likeness (QED) is 0.669. The monoisotopic (exact) mass is 256 g/mol. The summed E-state index contributed by atoms with van der Waals surface area (Å²) < 4.78 is 5.55.